The summed E-state index contributed by atoms with van der Waals surface area (Å²) in [6, 6.07) is 9.55. The van der Waals surface area contributed by atoms with Crippen molar-refractivity contribution < 1.29 is 14.6 Å². The van der Waals surface area contributed by atoms with E-state index in [2.05, 4.69) is 10.6 Å². The highest BCUT2D eigenvalue weighted by Gasteiger charge is 2.32. The lowest BCUT2D eigenvalue weighted by atomic mass is 10.2. The fraction of sp³-hybridized carbons (Fsp3) is 0.500. The van der Waals surface area contributed by atoms with Crippen LogP contribution >= 0.6 is 0 Å². The largest absolute Gasteiger partial charge is 0.445 e. The van der Waals surface area contributed by atoms with E-state index in [0.717, 1.165) is 12.0 Å². The van der Waals surface area contributed by atoms with Gasteiger partial charge in [0.05, 0.1) is 6.10 Å². The summed E-state index contributed by atoms with van der Waals surface area (Å²) in [7, 11) is 1.81. The number of hydrogen-bond donors (Lipinski definition) is 3. The van der Waals surface area contributed by atoms with Crippen LogP contribution in [0.3, 0.4) is 0 Å². The second-order valence-corrected chi connectivity index (χ2v) is 4.84. The van der Waals surface area contributed by atoms with Crippen molar-refractivity contribution >= 4 is 6.09 Å². The average Bonchev–Trinajstić information content (AvgIpc) is 2.77. The fourth-order valence-electron chi connectivity index (χ4n) is 2.38. The molecule has 1 aromatic carbocycles. The quantitative estimate of drug-likeness (QED) is 0.759. The van der Waals surface area contributed by atoms with E-state index in [-0.39, 0.29) is 18.7 Å². The molecule has 3 atom stereocenters. The number of ether oxygens (including phenoxy) is 1. The maximum atomic E-state index is 11.6. The van der Waals surface area contributed by atoms with Crippen molar-refractivity contribution in [3.63, 3.8) is 0 Å². The molecule has 1 amide bonds. The van der Waals surface area contributed by atoms with E-state index in [9.17, 15) is 9.90 Å². The van der Waals surface area contributed by atoms with Crippen LogP contribution in [-0.2, 0) is 11.3 Å². The summed E-state index contributed by atoms with van der Waals surface area (Å²) in [5.74, 6) is 0. The standard InChI is InChI=1S/C14H20N2O3/c1-15-12-7-11(8-13(12)17)16-14(18)19-9-10-5-3-2-4-6-10/h2-6,11-13,15,17H,7-9H2,1H3,(H,16,18)/t11-,12+,13-/m1/s1. The van der Waals surface area contributed by atoms with E-state index in [1.807, 2.05) is 37.4 Å². The first-order valence-electron chi connectivity index (χ1n) is 6.51. The van der Waals surface area contributed by atoms with Crippen LogP contribution in [0.2, 0.25) is 0 Å². The third-order valence-electron chi connectivity index (χ3n) is 3.43. The second kappa shape index (κ2) is 6.54. The van der Waals surface area contributed by atoms with Gasteiger partial charge in [0.1, 0.15) is 6.61 Å². The van der Waals surface area contributed by atoms with E-state index < -0.39 is 12.2 Å². The fourth-order valence-corrected chi connectivity index (χ4v) is 2.38. The first kappa shape index (κ1) is 13.8. The molecule has 104 valence electrons. The Morgan fingerprint density at radius 3 is 2.74 bits per heavy atom. The van der Waals surface area contributed by atoms with Crippen LogP contribution in [0, 0.1) is 0 Å². The SMILES string of the molecule is CN[C@H]1C[C@@H](NC(=O)OCc2ccccc2)C[C@H]1O. The van der Waals surface area contributed by atoms with Gasteiger partial charge in [0.25, 0.3) is 0 Å². The molecule has 1 aliphatic carbocycles. The van der Waals surface area contributed by atoms with Crippen LogP contribution in [0.4, 0.5) is 4.79 Å². The van der Waals surface area contributed by atoms with Gasteiger partial charge in [-0.1, -0.05) is 30.3 Å². The maximum Gasteiger partial charge on any atom is 0.407 e. The Balaban J connectivity index is 1.73. The molecule has 0 bridgehead atoms. The molecule has 0 spiro atoms. The third-order valence-corrected chi connectivity index (χ3v) is 3.43. The predicted molar refractivity (Wildman–Crippen MR) is 71.6 cm³/mol. The molecule has 1 fully saturated rings. The highest BCUT2D eigenvalue weighted by molar-refractivity contribution is 5.67. The lowest BCUT2D eigenvalue weighted by Crippen LogP contribution is -2.35. The van der Waals surface area contributed by atoms with Crippen LogP contribution in [0.15, 0.2) is 30.3 Å². The van der Waals surface area contributed by atoms with Crippen LogP contribution in [0.25, 0.3) is 0 Å². The Morgan fingerprint density at radius 1 is 1.37 bits per heavy atom. The summed E-state index contributed by atoms with van der Waals surface area (Å²) in [6.45, 7) is 0.261. The van der Waals surface area contributed by atoms with Gasteiger partial charge < -0.3 is 20.5 Å². The monoisotopic (exact) mass is 264 g/mol. The molecule has 0 saturated heterocycles. The van der Waals surface area contributed by atoms with Gasteiger partial charge in [0.2, 0.25) is 0 Å². The molecule has 0 aromatic heterocycles. The number of aliphatic hydroxyl groups excluding tert-OH is 1. The summed E-state index contributed by atoms with van der Waals surface area (Å²) in [5, 5.41) is 15.5. The summed E-state index contributed by atoms with van der Waals surface area (Å²) in [6.07, 6.45) is 0.437. The molecule has 3 N–H and O–H groups in total. The van der Waals surface area contributed by atoms with Gasteiger partial charge in [0, 0.05) is 12.1 Å². The van der Waals surface area contributed by atoms with E-state index >= 15 is 0 Å². The van der Waals surface area contributed by atoms with E-state index in [0.29, 0.717) is 6.42 Å². The number of hydrogen-bond acceptors (Lipinski definition) is 4. The molecule has 0 radical (unpaired) electrons. The number of amides is 1. The molecule has 0 aliphatic heterocycles. The molecule has 5 heteroatoms. The molecule has 1 aromatic rings. The minimum absolute atomic E-state index is 0.0317. The van der Waals surface area contributed by atoms with Gasteiger partial charge in [-0.3, -0.25) is 0 Å². The minimum Gasteiger partial charge on any atom is -0.445 e. The number of carbonyl (C=O) groups excluding carboxylic acids is 1. The average molecular weight is 264 g/mol. The normalized spacial score (nSPS) is 26.1. The number of aliphatic hydroxyl groups is 1. The molecule has 1 saturated carbocycles. The van der Waals surface area contributed by atoms with Crippen molar-refractivity contribution in [2.24, 2.45) is 0 Å². The van der Waals surface area contributed by atoms with E-state index in [1.54, 1.807) is 0 Å². The van der Waals surface area contributed by atoms with Gasteiger partial charge >= 0.3 is 6.09 Å². The number of benzene rings is 1. The number of rotatable bonds is 4. The van der Waals surface area contributed by atoms with Crippen LogP contribution in [0.1, 0.15) is 18.4 Å². The minimum atomic E-state index is -0.433. The van der Waals surface area contributed by atoms with Gasteiger partial charge in [-0.15, -0.1) is 0 Å². The molecule has 1 aliphatic rings. The van der Waals surface area contributed by atoms with Crippen molar-refractivity contribution in [3.05, 3.63) is 35.9 Å². The predicted octanol–water partition coefficient (Wildman–Crippen LogP) is 1.02. The molecule has 2 rings (SSSR count). The summed E-state index contributed by atoms with van der Waals surface area (Å²) in [4.78, 5) is 11.6. The van der Waals surface area contributed by atoms with Crippen molar-refractivity contribution in [1.29, 1.82) is 0 Å². The number of likely N-dealkylation sites (N-methyl/N-ethyl adjacent to an activating group) is 1. The lowest BCUT2D eigenvalue weighted by molar-refractivity contribution is 0.133. The Labute approximate surface area is 113 Å². The van der Waals surface area contributed by atoms with Crippen molar-refractivity contribution in [2.75, 3.05) is 7.05 Å². The van der Waals surface area contributed by atoms with Gasteiger partial charge in [-0.25, -0.2) is 4.79 Å². The summed E-state index contributed by atoms with van der Waals surface area (Å²) < 4.78 is 5.14. The van der Waals surface area contributed by atoms with Crippen LogP contribution in [0.5, 0.6) is 0 Å². The molecule has 5 nitrogen and oxygen atoms in total. The van der Waals surface area contributed by atoms with Crippen molar-refractivity contribution in [1.82, 2.24) is 10.6 Å². The Bertz CT molecular complexity index is 410. The zero-order valence-corrected chi connectivity index (χ0v) is 11.0. The first-order chi connectivity index (χ1) is 9.19. The van der Waals surface area contributed by atoms with E-state index in [1.165, 1.54) is 0 Å². The van der Waals surface area contributed by atoms with E-state index in [4.69, 9.17) is 4.74 Å². The van der Waals surface area contributed by atoms with Gasteiger partial charge in [-0.2, -0.15) is 0 Å². The van der Waals surface area contributed by atoms with Gasteiger partial charge in [0.15, 0.2) is 0 Å². The highest BCUT2D eigenvalue weighted by Crippen LogP contribution is 2.19. The summed E-state index contributed by atoms with van der Waals surface area (Å²) >= 11 is 0. The zero-order chi connectivity index (χ0) is 13.7. The first-order valence-corrected chi connectivity index (χ1v) is 6.51. The molecule has 19 heavy (non-hydrogen) atoms. The highest BCUT2D eigenvalue weighted by atomic mass is 16.5. The van der Waals surface area contributed by atoms with Crippen molar-refractivity contribution in [2.45, 2.75) is 37.6 Å². The zero-order valence-electron chi connectivity index (χ0n) is 11.0. The molecular formula is C14H20N2O3. The number of carbonyl (C=O) groups is 1. The Kier molecular flexibility index (Phi) is 4.76. The molecule has 0 unspecified atom stereocenters. The smallest absolute Gasteiger partial charge is 0.407 e. The third kappa shape index (κ3) is 3.94. The van der Waals surface area contributed by atoms with Gasteiger partial charge in [-0.05, 0) is 25.5 Å². The Hall–Kier alpha value is -1.59. The number of nitrogens with one attached hydrogen (secondary N) is 2. The number of alkyl carbamates (subject to hydrolysis) is 1. The lowest BCUT2D eigenvalue weighted by Gasteiger charge is -2.13. The summed E-state index contributed by atoms with van der Waals surface area (Å²) in [5.41, 5.74) is 0.956. The van der Waals surface area contributed by atoms with Crippen LogP contribution < -0.4 is 10.6 Å². The Morgan fingerprint density at radius 2 is 2.11 bits per heavy atom. The van der Waals surface area contributed by atoms with Crippen molar-refractivity contribution in [3.8, 4) is 0 Å². The second-order valence-electron chi connectivity index (χ2n) is 4.84. The van der Waals surface area contributed by atoms with Crippen LogP contribution in [-0.4, -0.2) is 36.4 Å². The molecular weight excluding hydrogens is 244 g/mol. The molecule has 0 heterocycles. The maximum absolute atomic E-state index is 11.6. The topological polar surface area (TPSA) is 70.6 Å².